The second-order valence-corrected chi connectivity index (χ2v) is 5.78. The molecule has 1 aliphatic carbocycles. The normalized spacial score (nSPS) is 20.4. The number of anilines is 1. The molecule has 108 valence electrons. The number of carbonyl (C=O) groups excluding carboxylic acids is 2. The first-order chi connectivity index (χ1) is 9.47. The molecule has 1 aromatic rings. The van der Waals surface area contributed by atoms with Crippen molar-refractivity contribution in [3.63, 3.8) is 0 Å². The summed E-state index contributed by atoms with van der Waals surface area (Å²) in [5.74, 6) is 0.560. The Hall–Kier alpha value is -1.55. The molecule has 1 aliphatic rings. The third-order valence-corrected chi connectivity index (χ3v) is 3.96. The fourth-order valence-corrected chi connectivity index (χ4v) is 2.19. The number of hydrogen-bond acceptors (Lipinski definition) is 2. The molecule has 0 aromatic heterocycles. The van der Waals surface area contributed by atoms with Gasteiger partial charge in [-0.15, -0.1) is 0 Å². The molecule has 2 amide bonds. The molecule has 1 fully saturated rings. The van der Waals surface area contributed by atoms with Gasteiger partial charge in [0.25, 0.3) is 0 Å². The van der Waals surface area contributed by atoms with E-state index >= 15 is 0 Å². The molecule has 20 heavy (non-hydrogen) atoms. The lowest BCUT2D eigenvalue weighted by molar-refractivity contribution is -0.122. The van der Waals surface area contributed by atoms with Gasteiger partial charge in [-0.2, -0.15) is 0 Å². The highest BCUT2D eigenvalue weighted by molar-refractivity contribution is 6.31. The van der Waals surface area contributed by atoms with Crippen LogP contribution < -0.4 is 10.6 Å². The highest BCUT2D eigenvalue weighted by atomic mass is 35.5. The first-order valence-electron chi connectivity index (χ1n) is 6.81. The van der Waals surface area contributed by atoms with Gasteiger partial charge in [-0.3, -0.25) is 9.59 Å². The van der Waals surface area contributed by atoms with Crippen molar-refractivity contribution in [1.29, 1.82) is 0 Å². The molecule has 0 radical (unpaired) electrons. The summed E-state index contributed by atoms with van der Waals surface area (Å²) in [4.78, 5) is 23.3. The van der Waals surface area contributed by atoms with Crippen molar-refractivity contribution in [2.24, 2.45) is 11.8 Å². The van der Waals surface area contributed by atoms with Crippen LogP contribution in [-0.2, 0) is 9.59 Å². The quantitative estimate of drug-likeness (QED) is 0.877. The second-order valence-electron chi connectivity index (χ2n) is 5.37. The molecule has 2 rings (SSSR count). The van der Waals surface area contributed by atoms with Gasteiger partial charge in [0, 0.05) is 29.6 Å². The standard InChI is InChI=1S/C15H19ClN2O2/c1-9-3-4-11(8-13(9)16)18-14(19)5-6-17-15(20)12-7-10(12)2/h3-4,8,10,12H,5-7H2,1-2H3,(H,17,20)(H,18,19). The van der Waals surface area contributed by atoms with Gasteiger partial charge in [-0.1, -0.05) is 24.6 Å². The topological polar surface area (TPSA) is 58.2 Å². The Bertz CT molecular complexity index is 531. The van der Waals surface area contributed by atoms with Crippen LogP contribution in [0.3, 0.4) is 0 Å². The maximum absolute atomic E-state index is 11.7. The lowest BCUT2D eigenvalue weighted by Crippen LogP contribution is -2.29. The van der Waals surface area contributed by atoms with Crippen LogP contribution in [0.25, 0.3) is 0 Å². The summed E-state index contributed by atoms with van der Waals surface area (Å²) >= 11 is 5.99. The van der Waals surface area contributed by atoms with E-state index in [0.29, 0.717) is 23.2 Å². The van der Waals surface area contributed by atoms with Crippen molar-refractivity contribution in [1.82, 2.24) is 5.32 Å². The average molecular weight is 295 g/mol. The number of nitrogens with one attached hydrogen (secondary N) is 2. The second kappa shape index (κ2) is 6.27. The zero-order valence-electron chi connectivity index (χ0n) is 11.7. The van der Waals surface area contributed by atoms with Crippen molar-refractivity contribution in [2.75, 3.05) is 11.9 Å². The lowest BCUT2D eigenvalue weighted by atomic mass is 10.2. The molecule has 2 atom stereocenters. The Morgan fingerprint density at radius 3 is 2.70 bits per heavy atom. The van der Waals surface area contributed by atoms with Crippen molar-refractivity contribution < 1.29 is 9.59 Å². The monoisotopic (exact) mass is 294 g/mol. The molecule has 1 aromatic carbocycles. The summed E-state index contributed by atoms with van der Waals surface area (Å²) < 4.78 is 0. The van der Waals surface area contributed by atoms with E-state index in [9.17, 15) is 9.59 Å². The van der Waals surface area contributed by atoms with Gasteiger partial charge in [0.15, 0.2) is 0 Å². The summed E-state index contributed by atoms with van der Waals surface area (Å²) in [6.45, 7) is 4.33. The number of amides is 2. The molecule has 0 saturated heterocycles. The van der Waals surface area contributed by atoms with E-state index in [0.717, 1.165) is 12.0 Å². The van der Waals surface area contributed by atoms with E-state index in [4.69, 9.17) is 11.6 Å². The van der Waals surface area contributed by atoms with E-state index in [1.165, 1.54) is 0 Å². The van der Waals surface area contributed by atoms with E-state index < -0.39 is 0 Å². The first-order valence-corrected chi connectivity index (χ1v) is 7.19. The van der Waals surface area contributed by atoms with Crippen LogP contribution in [0.4, 0.5) is 5.69 Å². The van der Waals surface area contributed by atoms with Gasteiger partial charge in [0.1, 0.15) is 0 Å². The minimum Gasteiger partial charge on any atom is -0.355 e. The SMILES string of the molecule is Cc1ccc(NC(=O)CCNC(=O)C2CC2C)cc1Cl. The Labute approximate surface area is 123 Å². The van der Waals surface area contributed by atoms with Crippen LogP contribution in [0.15, 0.2) is 18.2 Å². The van der Waals surface area contributed by atoms with Crippen LogP contribution in [0.1, 0.15) is 25.3 Å². The van der Waals surface area contributed by atoms with E-state index in [1.807, 2.05) is 19.1 Å². The van der Waals surface area contributed by atoms with Crippen LogP contribution in [0.2, 0.25) is 5.02 Å². The fourth-order valence-electron chi connectivity index (χ4n) is 2.01. The number of rotatable bonds is 5. The summed E-state index contributed by atoms with van der Waals surface area (Å²) in [5, 5.41) is 6.17. The molecule has 2 unspecified atom stereocenters. The van der Waals surface area contributed by atoms with Gasteiger partial charge >= 0.3 is 0 Å². The fraction of sp³-hybridized carbons (Fsp3) is 0.467. The molecule has 0 heterocycles. The Kier molecular flexibility index (Phi) is 4.65. The van der Waals surface area contributed by atoms with Crippen LogP contribution in [-0.4, -0.2) is 18.4 Å². The molecular weight excluding hydrogens is 276 g/mol. The largest absolute Gasteiger partial charge is 0.355 e. The molecular formula is C15H19ClN2O2. The number of benzene rings is 1. The number of aryl methyl sites for hydroxylation is 1. The van der Waals surface area contributed by atoms with Gasteiger partial charge in [-0.05, 0) is 37.0 Å². The van der Waals surface area contributed by atoms with Gasteiger partial charge in [0.05, 0.1) is 0 Å². The maximum Gasteiger partial charge on any atom is 0.226 e. The molecule has 1 saturated carbocycles. The van der Waals surface area contributed by atoms with Crippen molar-refractivity contribution >= 4 is 29.1 Å². The average Bonchev–Trinajstić information content (AvgIpc) is 3.11. The van der Waals surface area contributed by atoms with Gasteiger partial charge < -0.3 is 10.6 Å². The maximum atomic E-state index is 11.7. The lowest BCUT2D eigenvalue weighted by Gasteiger charge is -2.07. The zero-order valence-corrected chi connectivity index (χ0v) is 12.5. The Morgan fingerprint density at radius 2 is 2.10 bits per heavy atom. The van der Waals surface area contributed by atoms with Gasteiger partial charge in [0.2, 0.25) is 11.8 Å². The molecule has 4 nitrogen and oxygen atoms in total. The Morgan fingerprint density at radius 1 is 1.40 bits per heavy atom. The summed E-state index contributed by atoms with van der Waals surface area (Å²) in [5.41, 5.74) is 1.64. The molecule has 2 N–H and O–H groups in total. The molecule has 5 heteroatoms. The predicted molar refractivity (Wildman–Crippen MR) is 79.7 cm³/mol. The van der Waals surface area contributed by atoms with Crippen LogP contribution in [0.5, 0.6) is 0 Å². The zero-order chi connectivity index (χ0) is 14.7. The highest BCUT2D eigenvalue weighted by Crippen LogP contribution is 2.37. The first kappa shape index (κ1) is 14.9. The number of carbonyl (C=O) groups is 2. The van der Waals surface area contributed by atoms with Gasteiger partial charge in [-0.25, -0.2) is 0 Å². The number of hydrogen-bond donors (Lipinski definition) is 2. The predicted octanol–water partition coefficient (Wildman–Crippen LogP) is 2.75. The summed E-state index contributed by atoms with van der Waals surface area (Å²) in [7, 11) is 0. The molecule has 0 aliphatic heterocycles. The van der Waals surface area contributed by atoms with Crippen LogP contribution >= 0.6 is 11.6 Å². The minimum atomic E-state index is -0.130. The summed E-state index contributed by atoms with van der Waals surface area (Å²) in [6.07, 6.45) is 1.22. The van der Waals surface area contributed by atoms with Crippen molar-refractivity contribution in [3.8, 4) is 0 Å². The van der Waals surface area contributed by atoms with Crippen molar-refractivity contribution in [3.05, 3.63) is 28.8 Å². The summed E-state index contributed by atoms with van der Waals surface area (Å²) in [6, 6.07) is 5.39. The van der Waals surface area contributed by atoms with Crippen molar-refractivity contribution in [2.45, 2.75) is 26.7 Å². The van der Waals surface area contributed by atoms with E-state index in [1.54, 1.807) is 6.07 Å². The molecule has 0 bridgehead atoms. The smallest absolute Gasteiger partial charge is 0.226 e. The third-order valence-electron chi connectivity index (χ3n) is 3.55. The molecule has 0 spiro atoms. The minimum absolute atomic E-state index is 0.0590. The highest BCUT2D eigenvalue weighted by Gasteiger charge is 2.38. The Balaban J connectivity index is 1.72. The number of halogens is 1. The van der Waals surface area contributed by atoms with E-state index in [2.05, 4.69) is 17.6 Å². The van der Waals surface area contributed by atoms with E-state index in [-0.39, 0.29) is 24.2 Å². The third kappa shape index (κ3) is 3.97. The van der Waals surface area contributed by atoms with Crippen LogP contribution in [0, 0.1) is 18.8 Å².